The van der Waals surface area contributed by atoms with Crippen LogP contribution in [0, 0.1) is 0 Å². The predicted molar refractivity (Wildman–Crippen MR) is 362 cm³/mol. The minimum atomic E-state index is -1.76. The number of carbonyl (C=O) groups excluding carboxylic acids is 11. The van der Waals surface area contributed by atoms with E-state index in [0.717, 1.165) is 0 Å². The molecule has 7 aromatic carbocycles. The number of carboxylic acid groups (broad SMARTS) is 2. The zero-order valence-electron chi connectivity index (χ0n) is 58.1. The molecule has 7 aromatic rings. The molecule has 0 saturated carbocycles. The summed E-state index contributed by atoms with van der Waals surface area (Å²) in [6.45, 7) is -2.25. The number of methoxy groups -OCH3 is 9. The van der Waals surface area contributed by atoms with Gasteiger partial charge in [0.05, 0.1) is 47.5 Å². The summed E-state index contributed by atoms with van der Waals surface area (Å²) in [6, 6.07) is 45.0. The van der Waals surface area contributed by atoms with Gasteiger partial charge in [-0.3, -0.25) is 19.2 Å². The molecule has 0 heterocycles. The van der Waals surface area contributed by atoms with Crippen molar-refractivity contribution in [3.63, 3.8) is 0 Å². The second kappa shape index (κ2) is 51.2. The van der Waals surface area contributed by atoms with Crippen LogP contribution < -0.4 is 102 Å². The number of aliphatic carboxylic acids is 2. The zero-order chi connectivity index (χ0) is 73.6. The third-order valence-electron chi connectivity index (χ3n) is 13.3. The molecule has 7 rings (SSSR count). The third kappa shape index (κ3) is 31.5. The van der Waals surface area contributed by atoms with Crippen LogP contribution in [0.2, 0.25) is 0 Å². The molecule has 32 heteroatoms. The van der Waals surface area contributed by atoms with E-state index in [-0.39, 0.29) is 150 Å². The molecule has 0 aliphatic carbocycles. The van der Waals surface area contributed by atoms with E-state index in [1.54, 1.807) is 48.5 Å². The zero-order valence-corrected chi connectivity index (χ0v) is 62.1. The van der Waals surface area contributed by atoms with Crippen molar-refractivity contribution in [3.8, 4) is 40.2 Å². The van der Waals surface area contributed by atoms with E-state index in [1.807, 2.05) is 18.2 Å². The molecule has 0 amide bonds. The summed E-state index contributed by atoms with van der Waals surface area (Å²) < 4.78 is 80.2. The van der Waals surface area contributed by atoms with Gasteiger partial charge in [-0.2, -0.15) is 0 Å². The Morgan fingerprint density at radius 1 is 0.276 bits per heavy atom. The van der Waals surface area contributed by atoms with Crippen LogP contribution >= 0.6 is 0 Å². The molecule has 29 nitrogen and oxygen atoms in total. The molecular weight excluding hydrogens is 1400 g/mol. The third-order valence-corrected chi connectivity index (χ3v) is 13.3. The van der Waals surface area contributed by atoms with Crippen LogP contribution in [0.5, 0.6) is 40.2 Å². The second-order valence-corrected chi connectivity index (χ2v) is 19.5. The van der Waals surface area contributed by atoms with Gasteiger partial charge in [0.2, 0.25) is 23.1 Å². The standard InChI is InChI=1S/C22H24O9.C20H20O9.C20H18O8.C9H10O3.2CH4.B.2Na/c1-26-19(23)13-30-17-9-5-15(6-10-17)21(25)22(28-3,29-4)16-7-11-18(12-8-16)31-14-20(24)27-2;1-26-20(27-2,14-5-9-16(10-6-14)29-12-18(23)24)19(25)13-3-7-15(8-4-13)28-11-17(21)22;1-25-17(21)11-27-15-7-3-13(4-8-15)19(23)20(24)14-5-9-16(10-6-14)28-12-18(22)26-2;1-11-9(10)7-12-8-5-3-2-4-6-8;;;;;/h5-12H,13-14H2,1-4H3;3-10H,11-12H2,1-2H3,(H,21,22)(H,23,24);3-10H,11-12H2,1-2H3;2-6H,7H2,1H3;2*1H4;;;/q;;;;;;;2*+1/p-2. The Kier molecular flexibility index (Phi) is 47.4. The van der Waals surface area contributed by atoms with Crippen LogP contribution in [0.25, 0.3) is 0 Å². The summed E-state index contributed by atoms with van der Waals surface area (Å²) in [7, 11) is 11.7. The quantitative estimate of drug-likeness (QED) is 0.0121. The molecule has 0 atom stereocenters. The van der Waals surface area contributed by atoms with Crippen molar-refractivity contribution in [2.24, 2.45) is 0 Å². The van der Waals surface area contributed by atoms with Crippen molar-refractivity contribution in [1.29, 1.82) is 0 Å². The average Bonchev–Trinajstić information content (AvgIpc) is 0.789. The van der Waals surface area contributed by atoms with E-state index in [2.05, 4.69) is 23.7 Å². The molecule has 0 aliphatic rings. The molecular formula is C73H78BNa2O29. The second-order valence-electron chi connectivity index (χ2n) is 19.5. The van der Waals surface area contributed by atoms with Gasteiger partial charge in [-0.15, -0.1) is 0 Å². The predicted octanol–water partition coefficient (Wildman–Crippen LogP) is -0.615. The Bertz CT molecular complexity index is 3740. The normalized spacial score (nSPS) is 9.91. The van der Waals surface area contributed by atoms with Gasteiger partial charge in [0.1, 0.15) is 53.5 Å². The fourth-order valence-corrected chi connectivity index (χ4v) is 8.07. The first-order chi connectivity index (χ1) is 48.0. The van der Waals surface area contributed by atoms with E-state index in [9.17, 15) is 63.0 Å². The Balaban J connectivity index is 0. The first kappa shape index (κ1) is 97.1. The number of hydrogen-bond acceptors (Lipinski definition) is 29. The Hall–Kier alpha value is -9.99. The van der Waals surface area contributed by atoms with E-state index in [0.29, 0.717) is 45.4 Å². The van der Waals surface area contributed by atoms with E-state index in [4.69, 9.17) is 52.1 Å². The largest absolute Gasteiger partial charge is 1.00 e. The van der Waals surface area contributed by atoms with Crippen LogP contribution in [0.4, 0.5) is 0 Å². The molecule has 0 N–H and O–H groups in total. The van der Waals surface area contributed by atoms with Crippen molar-refractivity contribution >= 4 is 73.3 Å². The van der Waals surface area contributed by atoms with Crippen molar-refractivity contribution < 1.29 is 198 Å². The molecule has 3 radical (unpaired) electrons. The number of carboxylic acids is 2. The number of hydrogen-bond donors (Lipinski definition) is 0. The summed E-state index contributed by atoms with van der Waals surface area (Å²) in [6.07, 6.45) is 0. The number of para-hydroxylation sites is 1. The fourth-order valence-electron chi connectivity index (χ4n) is 8.07. The smallest absolute Gasteiger partial charge is 0.546 e. The number of Topliss-reactive ketones (excluding diaryl/α,β-unsaturated/α-hetero) is 4. The summed E-state index contributed by atoms with van der Waals surface area (Å²) in [4.78, 5) is 127. The monoisotopic (exact) mass is 1480 g/mol. The maximum Gasteiger partial charge on any atom is 1.00 e. The fraction of sp³-hybridized carbons (Fsp3) is 0.274. The van der Waals surface area contributed by atoms with Crippen molar-refractivity contribution in [1.82, 2.24) is 0 Å². The van der Waals surface area contributed by atoms with Gasteiger partial charge in [-0.05, 0) is 158 Å². The van der Waals surface area contributed by atoms with Gasteiger partial charge < -0.3 is 95.6 Å². The summed E-state index contributed by atoms with van der Waals surface area (Å²) in [5.41, 5.74) is 1.68. The summed E-state index contributed by atoms with van der Waals surface area (Å²) in [5, 5.41) is 20.9. The van der Waals surface area contributed by atoms with Crippen molar-refractivity contribution in [2.45, 2.75) is 26.4 Å². The number of rotatable bonds is 34. The Morgan fingerprint density at radius 2 is 0.467 bits per heavy atom. The van der Waals surface area contributed by atoms with Gasteiger partial charge >= 0.3 is 89.0 Å². The maximum atomic E-state index is 13.2. The van der Waals surface area contributed by atoms with E-state index >= 15 is 0 Å². The minimum absolute atomic E-state index is 0. The van der Waals surface area contributed by atoms with Crippen molar-refractivity contribution in [2.75, 3.05) is 110 Å². The van der Waals surface area contributed by atoms with Crippen LogP contribution in [0.3, 0.4) is 0 Å². The number of ketones is 4. The molecule has 0 unspecified atom stereocenters. The van der Waals surface area contributed by atoms with Gasteiger partial charge in [-0.25, -0.2) is 24.0 Å². The summed E-state index contributed by atoms with van der Waals surface area (Å²) in [5.74, 6) is -8.29. The molecule has 549 valence electrons. The van der Waals surface area contributed by atoms with Crippen LogP contribution in [0.1, 0.15) is 67.4 Å². The topological polar surface area (TPSA) is 382 Å². The molecule has 0 fully saturated rings. The molecule has 0 spiro atoms. The molecule has 0 aromatic heterocycles. The van der Waals surface area contributed by atoms with Gasteiger partial charge in [0.15, 0.2) is 33.0 Å². The number of esters is 5. The van der Waals surface area contributed by atoms with Crippen LogP contribution in [0.15, 0.2) is 176 Å². The molecule has 105 heavy (non-hydrogen) atoms. The number of benzene rings is 7. The van der Waals surface area contributed by atoms with Crippen LogP contribution in [-0.4, -0.2) is 184 Å². The Morgan fingerprint density at radius 3 is 0.667 bits per heavy atom. The summed E-state index contributed by atoms with van der Waals surface area (Å²) >= 11 is 0. The van der Waals surface area contributed by atoms with Crippen LogP contribution in [-0.2, 0) is 87.8 Å². The molecule has 0 aliphatic heterocycles. The minimum Gasteiger partial charge on any atom is -0.546 e. The number of ether oxygens (including phenoxy) is 16. The van der Waals surface area contributed by atoms with Gasteiger partial charge in [0, 0.05) is 70.2 Å². The molecule has 0 saturated heterocycles. The van der Waals surface area contributed by atoms with E-state index < -0.39 is 83.7 Å². The van der Waals surface area contributed by atoms with E-state index in [1.165, 1.54) is 173 Å². The molecule has 0 bridgehead atoms. The maximum absolute atomic E-state index is 13.2. The first-order valence-electron chi connectivity index (χ1n) is 29.2. The van der Waals surface area contributed by atoms with Crippen molar-refractivity contribution in [3.05, 3.63) is 209 Å². The van der Waals surface area contributed by atoms with Gasteiger partial charge in [-0.1, -0.05) is 33.1 Å². The SMILES string of the molecule is C.C.COC(=O)COc1ccc(C(=O)C(=O)c2ccc(OCC(=O)OC)cc2)cc1.COC(=O)COc1ccc(C(=O)C(OC)(OC)c2ccc(OCC(=O)OC)cc2)cc1.COC(=O)COc1ccccc1.COC(OC)(C(=O)c1ccc(OCC(=O)[O-])cc1)c1ccc(OCC(=O)[O-])cc1.[B].[Na+].[Na+]. The Labute approximate surface area is 652 Å². The number of carbonyl (C=O) groups is 11. The first-order valence-corrected chi connectivity index (χ1v) is 29.2. The van der Waals surface area contributed by atoms with Gasteiger partial charge in [0.25, 0.3) is 11.6 Å². The average molecular weight is 1480 g/mol.